The molecule has 2 aromatic rings. The molecular weight excluding hydrogens is 364 g/mol. The number of benzene rings is 1. The first kappa shape index (κ1) is 20.8. The van der Waals surface area contributed by atoms with Gasteiger partial charge in [-0.15, -0.1) is 0 Å². The van der Waals surface area contributed by atoms with Crippen LogP contribution in [0, 0.1) is 5.41 Å². The van der Waals surface area contributed by atoms with Crippen molar-refractivity contribution in [2.45, 2.75) is 27.7 Å². The molecule has 0 spiro atoms. The van der Waals surface area contributed by atoms with Crippen LogP contribution in [0.2, 0.25) is 0 Å². The number of carbonyl (C=O) groups excluding carboxylic acids is 1. The molecule has 1 aromatic heterocycles. The third-order valence-electron chi connectivity index (χ3n) is 4.16. The van der Waals surface area contributed by atoms with Crippen molar-refractivity contribution in [3.63, 3.8) is 0 Å². The van der Waals surface area contributed by atoms with Crippen LogP contribution in [0.5, 0.6) is 0 Å². The van der Waals surface area contributed by atoms with Gasteiger partial charge in [-0.3, -0.25) is 4.79 Å². The Labute approximate surface area is 161 Å². The topological polar surface area (TPSA) is 133 Å². The normalized spacial score (nSPS) is 11.0. The third kappa shape index (κ3) is 4.25. The van der Waals surface area contributed by atoms with Gasteiger partial charge in [0.05, 0.1) is 5.52 Å². The quantitative estimate of drug-likeness (QED) is 0.405. The molecule has 0 aliphatic heterocycles. The van der Waals surface area contributed by atoms with Crippen molar-refractivity contribution in [2.75, 3.05) is 17.3 Å². The summed E-state index contributed by atoms with van der Waals surface area (Å²) in [5.74, 6) is -2.95. The molecule has 0 bridgehead atoms. The molecule has 0 radical (unpaired) electrons. The van der Waals surface area contributed by atoms with E-state index < -0.39 is 22.9 Å². The number of allylic oxidation sites excluding steroid dienone is 1. The van der Waals surface area contributed by atoms with E-state index in [-0.39, 0.29) is 11.6 Å². The number of carbonyl (C=O) groups is 3. The van der Waals surface area contributed by atoms with Crippen LogP contribution in [0.4, 0.5) is 11.5 Å². The van der Waals surface area contributed by atoms with Gasteiger partial charge in [-0.05, 0) is 25.1 Å². The first-order chi connectivity index (χ1) is 12.9. The molecule has 0 saturated heterocycles. The summed E-state index contributed by atoms with van der Waals surface area (Å²) in [5, 5.41) is 21.7. The van der Waals surface area contributed by atoms with Crippen molar-refractivity contribution in [3.8, 4) is 0 Å². The molecule has 0 aliphatic rings. The lowest BCUT2D eigenvalue weighted by atomic mass is 9.95. The molecule has 0 unspecified atom stereocenters. The Morgan fingerprint density at radius 3 is 2.21 bits per heavy atom. The van der Waals surface area contributed by atoms with E-state index in [4.69, 9.17) is 0 Å². The number of aliphatic carboxylic acids is 2. The second-order valence-electron chi connectivity index (χ2n) is 7.26. The summed E-state index contributed by atoms with van der Waals surface area (Å²) in [6.07, 6.45) is 1.30. The zero-order chi connectivity index (χ0) is 21.2. The number of rotatable bonds is 5. The predicted octanol–water partition coefficient (Wildman–Crippen LogP) is 2.49. The molecule has 0 aliphatic carbocycles. The monoisotopic (exact) mass is 386 g/mol. The summed E-state index contributed by atoms with van der Waals surface area (Å²) < 4.78 is 0. The van der Waals surface area contributed by atoms with Crippen molar-refractivity contribution < 1.29 is 24.6 Å². The first-order valence-corrected chi connectivity index (χ1v) is 8.41. The van der Waals surface area contributed by atoms with Crippen LogP contribution in [0.25, 0.3) is 10.9 Å². The zero-order valence-electron chi connectivity index (χ0n) is 16.3. The Morgan fingerprint density at radius 2 is 1.68 bits per heavy atom. The van der Waals surface area contributed by atoms with Crippen LogP contribution in [0.1, 0.15) is 27.7 Å². The number of amides is 1. The lowest BCUT2D eigenvalue weighted by molar-refractivity contribution is -0.140. The van der Waals surface area contributed by atoms with Gasteiger partial charge in [0.15, 0.2) is 5.57 Å². The Kier molecular flexibility index (Phi) is 5.67. The largest absolute Gasteiger partial charge is 0.477 e. The predicted molar refractivity (Wildman–Crippen MR) is 104 cm³/mol. The van der Waals surface area contributed by atoms with Gasteiger partial charge >= 0.3 is 11.9 Å². The Morgan fingerprint density at radius 1 is 1.07 bits per heavy atom. The maximum Gasteiger partial charge on any atom is 0.344 e. The maximum absolute atomic E-state index is 12.2. The smallest absolute Gasteiger partial charge is 0.344 e. The Hall–Kier alpha value is -3.49. The molecule has 148 valence electrons. The fraction of sp³-hybridized carbons (Fsp3) is 0.316. The van der Waals surface area contributed by atoms with Gasteiger partial charge in [-0.2, -0.15) is 0 Å². The molecule has 0 fully saturated rings. The Balaban J connectivity index is 2.57. The molecule has 28 heavy (non-hydrogen) atoms. The summed E-state index contributed by atoms with van der Waals surface area (Å²) in [6, 6.07) is 5.06. The minimum absolute atomic E-state index is 0.00382. The van der Waals surface area contributed by atoms with E-state index in [1.165, 1.54) is 25.2 Å². The van der Waals surface area contributed by atoms with E-state index in [1.807, 2.05) is 0 Å². The van der Waals surface area contributed by atoms with Crippen molar-refractivity contribution >= 4 is 40.3 Å². The average Bonchev–Trinajstić information content (AvgIpc) is 2.59. The number of fused-ring (bicyclic) bond motifs is 1. The summed E-state index contributed by atoms with van der Waals surface area (Å²) in [6.45, 7) is 6.76. The van der Waals surface area contributed by atoms with Gasteiger partial charge < -0.3 is 20.4 Å². The van der Waals surface area contributed by atoms with Crippen LogP contribution in [0.15, 0.2) is 35.8 Å². The highest BCUT2D eigenvalue weighted by atomic mass is 16.4. The van der Waals surface area contributed by atoms with E-state index in [2.05, 4.69) is 15.3 Å². The van der Waals surface area contributed by atoms with Gasteiger partial charge in [0.1, 0.15) is 12.1 Å². The van der Waals surface area contributed by atoms with Gasteiger partial charge in [0, 0.05) is 29.2 Å². The standard InChI is InChI=1S/C19H22N4O5/c1-10(14(16(24)25)17(26)27)23(5)15-12-8-11(22-18(28)19(2,3)4)6-7-13(12)20-9-21-15/h6-9H,1-5H3,(H,22,28)(H,24,25)(H,26,27). The highest BCUT2D eigenvalue weighted by Gasteiger charge is 2.24. The second kappa shape index (κ2) is 7.63. The molecule has 9 nitrogen and oxygen atoms in total. The van der Waals surface area contributed by atoms with Gasteiger partial charge in [-0.25, -0.2) is 19.6 Å². The van der Waals surface area contributed by atoms with E-state index in [0.717, 1.165) is 0 Å². The van der Waals surface area contributed by atoms with Crippen molar-refractivity contribution in [1.82, 2.24) is 9.97 Å². The Bertz CT molecular complexity index is 975. The van der Waals surface area contributed by atoms with Gasteiger partial charge in [0.25, 0.3) is 0 Å². The SMILES string of the molecule is CC(=C(C(=O)O)C(=O)O)N(C)c1ncnc2ccc(NC(=O)C(C)(C)C)cc12. The molecule has 2 rings (SSSR count). The van der Waals surface area contributed by atoms with Crippen molar-refractivity contribution in [2.24, 2.45) is 5.41 Å². The van der Waals surface area contributed by atoms with E-state index >= 15 is 0 Å². The molecule has 1 amide bonds. The minimum Gasteiger partial charge on any atom is -0.477 e. The lowest BCUT2D eigenvalue weighted by Crippen LogP contribution is -2.27. The molecular formula is C19H22N4O5. The van der Waals surface area contributed by atoms with Crippen LogP contribution >= 0.6 is 0 Å². The maximum atomic E-state index is 12.2. The zero-order valence-corrected chi connectivity index (χ0v) is 16.3. The van der Waals surface area contributed by atoms with E-state index in [0.29, 0.717) is 22.4 Å². The molecule has 0 atom stereocenters. The van der Waals surface area contributed by atoms with Crippen LogP contribution in [0.3, 0.4) is 0 Å². The molecule has 1 heterocycles. The second-order valence-corrected chi connectivity index (χ2v) is 7.26. The number of hydrogen-bond acceptors (Lipinski definition) is 6. The molecule has 9 heteroatoms. The van der Waals surface area contributed by atoms with Crippen LogP contribution < -0.4 is 10.2 Å². The van der Waals surface area contributed by atoms with Gasteiger partial charge in [0.2, 0.25) is 5.91 Å². The van der Waals surface area contributed by atoms with E-state index in [9.17, 15) is 24.6 Å². The minimum atomic E-state index is -1.55. The van der Waals surface area contributed by atoms with Crippen LogP contribution in [-0.2, 0) is 14.4 Å². The third-order valence-corrected chi connectivity index (χ3v) is 4.16. The number of anilines is 2. The summed E-state index contributed by atoms with van der Waals surface area (Å²) in [7, 11) is 1.52. The number of carboxylic acids is 2. The number of hydrogen-bond donors (Lipinski definition) is 3. The van der Waals surface area contributed by atoms with Crippen molar-refractivity contribution in [3.05, 3.63) is 35.8 Å². The molecule has 1 aromatic carbocycles. The first-order valence-electron chi connectivity index (χ1n) is 8.41. The lowest BCUT2D eigenvalue weighted by Gasteiger charge is -2.22. The summed E-state index contributed by atoms with van der Waals surface area (Å²) in [5.41, 5.74) is -0.254. The fourth-order valence-electron chi connectivity index (χ4n) is 2.43. The summed E-state index contributed by atoms with van der Waals surface area (Å²) >= 11 is 0. The van der Waals surface area contributed by atoms with Gasteiger partial charge in [-0.1, -0.05) is 20.8 Å². The summed E-state index contributed by atoms with van der Waals surface area (Å²) in [4.78, 5) is 44.6. The number of nitrogens with one attached hydrogen (secondary N) is 1. The fourth-order valence-corrected chi connectivity index (χ4v) is 2.43. The highest BCUT2D eigenvalue weighted by molar-refractivity contribution is 6.13. The molecule has 3 N–H and O–H groups in total. The number of carboxylic acid groups (broad SMARTS) is 2. The number of aromatic nitrogens is 2. The highest BCUT2D eigenvalue weighted by Crippen LogP contribution is 2.28. The molecule has 0 saturated carbocycles. The van der Waals surface area contributed by atoms with Crippen molar-refractivity contribution in [1.29, 1.82) is 0 Å². The van der Waals surface area contributed by atoms with E-state index in [1.54, 1.807) is 39.0 Å². The van der Waals surface area contributed by atoms with Crippen LogP contribution in [-0.4, -0.2) is 45.1 Å². The average molecular weight is 386 g/mol. The number of nitrogens with zero attached hydrogens (tertiary/aromatic N) is 3.